The van der Waals surface area contributed by atoms with Gasteiger partial charge in [0.1, 0.15) is 4.21 Å². The number of hydrogen-bond donors (Lipinski definition) is 0. The highest BCUT2D eigenvalue weighted by atomic mass is 35.5. The highest BCUT2D eigenvalue weighted by molar-refractivity contribution is 8.02. The van der Waals surface area contributed by atoms with Crippen LogP contribution in [-0.2, 0) is 27.4 Å². The number of nitrogens with zero attached hydrogens (tertiary/aromatic N) is 2. The number of benzene rings is 1. The van der Waals surface area contributed by atoms with Crippen LogP contribution in [0.25, 0.3) is 11.3 Å². The van der Waals surface area contributed by atoms with Crippen molar-refractivity contribution in [3.05, 3.63) is 56.7 Å². The fourth-order valence-electron chi connectivity index (χ4n) is 3.79. The maximum absolute atomic E-state index is 13.3. The van der Waals surface area contributed by atoms with Gasteiger partial charge >= 0.3 is 6.18 Å². The molecule has 1 aliphatic heterocycles. The summed E-state index contributed by atoms with van der Waals surface area (Å²) in [5, 5.41) is 2.38. The standard InChI is InChI=1S/C22H20ClF3N2O3S4/c1-21(2)20(28(12-33-21)35(30,31)19-10-8-17(23)34-19)16(29)7-9-18-27-15(11-32-18)13-3-5-14(6-4-13)22(24,25)26/h3-6,8,10-11,20H,7,9,12H2,1-2H3/t20-/m1/s1. The van der Waals surface area contributed by atoms with E-state index in [0.29, 0.717) is 27.0 Å². The van der Waals surface area contributed by atoms with E-state index in [4.69, 9.17) is 11.6 Å². The molecule has 188 valence electrons. The summed E-state index contributed by atoms with van der Waals surface area (Å²) in [6.07, 6.45) is -4.01. The summed E-state index contributed by atoms with van der Waals surface area (Å²) in [7, 11) is -3.88. The Kier molecular flexibility index (Phi) is 7.44. The van der Waals surface area contributed by atoms with E-state index in [0.717, 1.165) is 23.5 Å². The van der Waals surface area contributed by atoms with E-state index in [1.165, 1.54) is 51.7 Å². The zero-order valence-corrected chi connectivity index (χ0v) is 22.5. The van der Waals surface area contributed by atoms with Crippen molar-refractivity contribution in [1.29, 1.82) is 0 Å². The normalized spacial score (nSPS) is 18.7. The molecule has 0 bridgehead atoms. The van der Waals surface area contributed by atoms with Gasteiger partial charge in [0.15, 0.2) is 5.78 Å². The number of aryl methyl sites for hydroxylation is 1. The molecule has 1 fully saturated rings. The number of aromatic nitrogens is 1. The van der Waals surface area contributed by atoms with E-state index in [9.17, 15) is 26.4 Å². The number of sulfonamides is 1. The van der Waals surface area contributed by atoms with Crippen molar-refractivity contribution >= 4 is 61.8 Å². The van der Waals surface area contributed by atoms with Gasteiger partial charge in [0, 0.05) is 28.5 Å². The lowest BCUT2D eigenvalue weighted by Crippen LogP contribution is -2.48. The van der Waals surface area contributed by atoms with E-state index in [1.54, 1.807) is 5.38 Å². The second-order valence-corrected chi connectivity index (χ2v) is 14.8. The van der Waals surface area contributed by atoms with E-state index >= 15 is 0 Å². The van der Waals surface area contributed by atoms with Crippen LogP contribution in [0.3, 0.4) is 0 Å². The van der Waals surface area contributed by atoms with Crippen molar-refractivity contribution in [3.63, 3.8) is 0 Å². The Hall–Kier alpha value is -1.44. The Morgan fingerprint density at radius 3 is 2.49 bits per heavy atom. The maximum Gasteiger partial charge on any atom is 0.416 e. The summed E-state index contributed by atoms with van der Waals surface area (Å²) in [4.78, 5) is 17.7. The van der Waals surface area contributed by atoms with Crippen molar-refractivity contribution in [2.24, 2.45) is 0 Å². The molecular weight excluding hydrogens is 561 g/mol. The smallest absolute Gasteiger partial charge is 0.298 e. The molecule has 0 radical (unpaired) electrons. The molecule has 0 unspecified atom stereocenters. The molecular formula is C22H20ClF3N2O3S4. The molecule has 3 heterocycles. The van der Waals surface area contributed by atoms with Gasteiger partial charge in [-0.05, 0) is 38.1 Å². The zero-order valence-electron chi connectivity index (χ0n) is 18.5. The number of thiazole rings is 1. The number of thioether (sulfide) groups is 1. The quantitative estimate of drug-likeness (QED) is 0.315. The van der Waals surface area contributed by atoms with Gasteiger partial charge < -0.3 is 0 Å². The molecule has 1 aromatic carbocycles. The molecule has 0 amide bonds. The third-order valence-electron chi connectivity index (χ3n) is 5.57. The van der Waals surface area contributed by atoms with Gasteiger partial charge in [-0.1, -0.05) is 23.7 Å². The van der Waals surface area contributed by atoms with E-state index in [2.05, 4.69) is 4.98 Å². The third-order valence-corrected chi connectivity index (χ3v) is 11.5. The Morgan fingerprint density at radius 1 is 1.20 bits per heavy atom. The van der Waals surface area contributed by atoms with Crippen molar-refractivity contribution in [2.45, 2.75) is 47.9 Å². The molecule has 13 heteroatoms. The highest BCUT2D eigenvalue weighted by Crippen LogP contribution is 2.44. The van der Waals surface area contributed by atoms with Crippen molar-refractivity contribution < 1.29 is 26.4 Å². The molecule has 0 spiro atoms. The van der Waals surface area contributed by atoms with Gasteiger partial charge in [-0.15, -0.1) is 34.4 Å². The average molecular weight is 581 g/mol. The van der Waals surface area contributed by atoms with Gasteiger partial charge in [-0.3, -0.25) is 4.79 Å². The topological polar surface area (TPSA) is 67.3 Å². The lowest BCUT2D eigenvalue weighted by molar-refractivity contribution is -0.137. The largest absolute Gasteiger partial charge is 0.416 e. The van der Waals surface area contributed by atoms with Crippen molar-refractivity contribution in [2.75, 3.05) is 5.88 Å². The van der Waals surface area contributed by atoms with Gasteiger partial charge in [0.25, 0.3) is 10.0 Å². The number of alkyl halides is 3. The van der Waals surface area contributed by atoms with Crippen LogP contribution in [0.15, 0.2) is 46.0 Å². The second-order valence-electron chi connectivity index (χ2n) is 8.40. The third kappa shape index (κ3) is 5.62. The monoisotopic (exact) mass is 580 g/mol. The van der Waals surface area contributed by atoms with Crippen LogP contribution < -0.4 is 0 Å². The Balaban J connectivity index is 1.47. The predicted octanol–water partition coefficient (Wildman–Crippen LogP) is 6.59. The molecule has 1 saturated heterocycles. The van der Waals surface area contributed by atoms with Crippen molar-refractivity contribution in [3.8, 4) is 11.3 Å². The summed E-state index contributed by atoms with van der Waals surface area (Å²) in [5.74, 6) is -0.0474. The summed E-state index contributed by atoms with van der Waals surface area (Å²) in [6, 6.07) is 6.86. The molecule has 1 atom stereocenters. The van der Waals surface area contributed by atoms with Crippen molar-refractivity contribution in [1.82, 2.24) is 9.29 Å². The first-order valence-electron chi connectivity index (χ1n) is 10.3. The van der Waals surface area contributed by atoms with Crippen LogP contribution in [-0.4, -0.2) is 40.2 Å². The van der Waals surface area contributed by atoms with Crippen LogP contribution in [0.1, 0.15) is 30.8 Å². The van der Waals surface area contributed by atoms with Gasteiger partial charge in [-0.25, -0.2) is 13.4 Å². The summed E-state index contributed by atoms with van der Waals surface area (Å²) in [5.41, 5.74) is 0.345. The van der Waals surface area contributed by atoms with E-state index in [-0.39, 0.29) is 22.3 Å². The summed E-state index contributed by atoms with van der Waals surface area (Å²) >= 11 is 9.59. The number of rotatable bonds is 7. The first kappa shape index (κ1) is 26.6. The average Bonchev–Trinajstić information content (AvgIpc) is 3.50. The van der Waals surface area contributed by atoms with Crippen LogP contribution in [0.5, 0.6) is 0 Å². The minimum atomic E-state index is -4.41. The van der Waals surface area contributed by atoms with Crippen LogP contribution in [0, 0.1) is 0 Å². The lowest BCUT2D eigenvalue weighted by Gasteiger charge is -2.29. The minimum absolute atomic E-state index is 0.0891. The molecule has 0 saturated carbocycles. The number of ketones is 1. The second kappa shape index (κ2) is 9.79. The maximum atomic E-state index is 13.3. The number of thiophene rings is 1. The SMILES string of the molecule is CC1(C)SCN(S(=O)(=O)c2ccc(Cl)s2)[C@@H]1C(=O)CCc1nc(-c2ccc(C(F)(F)F)cc2)cs1. The Morgan fingerprint density at radius 2 is 1.89 bits per heavy atom. The first-order chi connectivity index (χ1) is 16.3. The Bertz CT molecular complexity index is 1330. The van der Waals surface area contributed by atoms with Gasteiger partial charge in [-0.2, -0.15) is 17.5 Å². The van der Waals surface area contributed by atoms with E-state index < -0.39 is 32.6 Å². The fraction of sp³-hybridized carbons (Fsp3) is 0.364. The highest BCUT2D eigenvalue weighted by Gasteiger charge is 2.50. The minimum Gasteiger partial charge on any atom is -0.298 e. The number of hydrogen-bond acceptors (Lipinski definition) is 7. The molecule has 1 aliphatic rings. The van der Waals surface area contributed by atoms with Gasteiger partial charge in [0.05, 0.1) is 32.5 Å². The molecule has 5 nitrogen and oxygen atoms in total. The van der Waals surface area contributed by atoms with E-state index in [1.807, 2.05) is 13.8 Å². The molecule has 35 heavy (non-hydrogen) atoms. The fourth-order valence-corrected chi connectivity index (χ4v) is 9.43. The summed E-state index contributed by atoms with van der Waals surface area (Å²) in [6.45, 7) is 3.70. The molecule has 0 aliphatic carbocycles. The van der Waals surface area contributed by atoms with Crippen LogP contribution in [0.4, 0.5) is 13.2 Å². The summed E-state index contributed by atoms with van der Waals surface area (Å²) < 4.78 is 65.9. The number of Topliss-reactive ketones (excluding diaryl/α,β-unsaturated/α-hetero) is 1. The Labute approximate surface area is 218 Å². The van der Waals surface area contributed by atoms with Crippen LogP contribution in [0.2, 0.25) is 4.34 Å². The zero-order chi connectivity index (χ0) is 25.6. The number of halogens is 4. The molecule has 2 aromatic heterocycles. The number of carbonyl (C=O) groups is 1. The molecule has 0 N–H and O–H groups in total. The number of carbonyl (C=O) groups excluding carboxylic acids is 1. The lowest BCUT2D eigenvalue weighted by atomic mass is 9.96. The van der Waals surface area contributed by atoms with Gasteiger partial charge in [0.2, 0.25) is 0 Å². The predicted molar refractivity (Wildman–Crippen MR) is 135 cm³/mol. The first-order valence-corrected chi connectivity index (χ1v) is 14.8. The molecule has 3 aromatic rings. The molecule has 4 rings (SSSR count). The van der Waals surface area contributed by atoms with Crippen LogP contribution >= 0.6 is 46.0 Å².